The van der Waals surface area contributed by atoms with E-state index in [4.69, 9.17) is 5.73 Å². The van der Waals surface area contributed by atoms with Crippen LogP contribution in [0.2, 0.25) is 0 Å². The molecular weight excluding hydrogens is 246 g/mol. The van der Waals surface area contributed by atoms with E-state index in [1.54, 1.807) is 0 Å². The third kappa shape index (κ3) is 3.22. The van der Waals surface area contributed by atoms with Gasteiger partial charge in [0.15, 0.2) is 0 Å². The van der Waals surface area contributed by atoms with E-state index in [-0.39, 0.29) is 11.0 Å². The maximum atomic E-state index is 6.11. The van der Waals surface area contributed by atoms with Crippen molar-refractivity contribution in [2.45, 2.75) is 31.7 Å². The second kappa shape index (κ2) is 5.84. The van der Waals surface area contributed by atoms with Crippen molar-refractivity contribution in [2.24, 2.45) is 5.73 Å². The molecule has 0 amide bonds. The minimum atomic E-state index is 0.0350. The van der Waals surface area contributed by atoms with Crippen LogP contribution in [0.25, 0.3) is 0 Å². The Morgan fingerprint density at radius 3 is 2.40 bits per heavy atom. The number of rotatable bonds is 4. The highest BCUT2D eigenvalue weighted by molar-refractivity contribution is 5.25. The summed E-state index contributed by atoms with van der Waals surface area (Å²) >= 11 is 0. The third-order valence-electron chi connectivity index (χ3n) is 4.89. The van der Waals surface area contributed by atoms with Crippen LogP contribution in [-0.4, -0.2) is 55.1 Å². The molecule has 1 unspecified atom stereocenters. The Morgan fingerprint density at radius 1 is 1.20 bits per heavy atom. The Balaban J connectivity index is 2.11. The molecule has 1 fully saturated rings. The fourth-order valence-corrected chi connectivity index (χ4v) is 3.08. The standard InChI is InChI=1S/C17H29N3/c1-16(2)13-20(11-10-19(16)4)14-17(3,12-18)15-8-6-5-7-9-15/h5-9H,10-14,18H2,1-4H3. The predicted octanol–water partition coefficient (Wildman–Crippen LogP) is 1.93. The number of piperazine rings is 1. The number of nitrogens with two attached hydrogens (primary N) is 1. The van der Waals surface area contributed by atoms with Gasteiger partial charge in [-0.1, -0.05) is 37.3 Å². The lowest BCUT2D eigenvalue weighted by Gasteiger charge is -2.47. The van der Waals surface area contributed by atoms with E-state index in [9.17, 15) is 0 Å². The van der Waals surface area contributed by atoms with Gasteiger partial charge in [0.1, 0.15) is 0 Å². The molecule has 0 bridgehead atoms. The van der Waals surface area contributed by atoms with E-state index >= 15 is 0 Å². The molecule has 1 saturated heterocycles. The Bertz CT molecular complexity index is 429. The molecule has 0 saturated carbocycles. The Morgan fingerprint density at radius 2 is 1.85 bits per heavy atom. The Kier molecular flexibility index (Phi) is 4.52. The lowest BCUT2D eigenvalue weighted by molar-refractivity contribution is 0.0299. The van der Waals surface area contributed by atoms with Crippen LogP contribution < -0.4 is 5.73 Å². The zero-order chi connectivity index (χ0) is 14.8. The molecule has 2 N–H and O–H groups in total. The van der Waals surface area contributed by atoms with E-state index in [2.05, 4.69) is 68.0 Å². The lowest BCUT2D eigenvalue weighted by atomic mass is 9.81. The second-order valence-electron chi connectivity index (χ2n) is 7.08. The maximum Gasteiger partial charge on any atom is 0.0277 e. The first-order valence-electron chi connectivity index (χ1n) is 7.57. The van der Waals surface area contributed by atoms with Crippen molar-refractivity contribution in [3.63, 3.8) is 0 Å². The summed E-state index contributed by atoms with van der Waals surface area (Å²) in [7, 11) is 2.22. The number of nitrogens with zero attached hydrogens (tertiary/aromatic N) is 2. The van der Waals surface area contributed by atoms with Crippen molar-refractivity contribution in [3.05, 3.63) is 35.9 Å². The van der Waals surface area contributed by atoms with Gasteiger partial charge >= 0.3 is 0 Å². The molecule has 3 heteroatoms. The van der Waals surface area contributed by atoms with Gasteiger partial charge in [-0.25, -0.2) is 0 Å². The van der Waals surface area contributed by atoms with Crippen LogP contribution in [0, 0.1) is 0 Å². The summed E-state index contributed by atoms with van der Waals surface area (Å²) in [4.78, 5) is 5.02. The van der Waals surface area contributed by atoms with Gasteiger partial charge < -0.3 is 5.73 Å². The molecule has 0 spiro atoms. The average molecular weight is 275 g/mol. The van der Waals surface area contributed by atoms with Crippen molar-refractivity contribution in [1.29, 1.82) is 0 Å². The fraction of sp³-hybridized carbons (Fsp3) is 0.647. The molecule has 1 aliphatic heterocycles. The van der Waals surface area contributed by atoms with Gasteiger partial charge in [0.25, 0.3) is 0 Å². The third-order valence-corrected chi connectivity index (χ3v) is 4.89. The summed E-state index contributed by atoms with van der Waals surface area (Å²) in [5.41, 5.74) is 7.74. The summed E-state index contributed by atoms with van der Waals surface area (Å²) in [6.07, 6.45) is 0. The molecule has 0 aliphatic carbocycles. The van der Waals surface area contributed by atoms with Gasteiger partial charge in [0.05, 0.1) is 0 Å². The van der Waals surface area contributed by atoms with Crippen LogP contribution in [0.4, 0.5) is 0 Å². The smallest absolute Gasteiger partial charge is 0.0277 e. The molecule has 20 heavy (non-hydrogen) atoms. The first-order chi connectivity index (χ1) is 9.37. The summed E-state index contributed by atoms with van der Waals surface area (Å²) in [5, 5.41) is 0. The normalized spacial score (nSPS) is 23.4. The molecule has 0 aromatic heterocycles. The summed E-state index contributed by atoms with van der Waals surface area (Å²) in [6, 6.07) is 10.7. The van der Waals surface area contributed by atoms with E-state index in [1.807, 2.05) is 0 Å². The Labute approximate surface area is 123 Å². The predicted molar refractivity (Wildman–Crippen MR) is 86.0 cm³/mol. The van der Waals surface area contributed by atoms with Crippen LogP contribution >= 0.6 is 0 Å². The molecule has 0 radical (unpaired) electrons. The van der Waals surface area contributed by atoms with Crippen LogP contribution in [0.3, 0.4) is 0 Å². The first-order valence-corrected chi connectivity index (χ1v) is 7.57. The summed E-state index contributed by atoms with van der Waals surface area (Å²) in [5.74, 6) is 0. The van der Waals surface area contributed by atoms with Crippen LogP contribution in [0.15, 0.2) is 30.3 Å². The molecule has 1 atom stereocenters. The number of hydrogen-bond acceptors (Lipinski definition) is 3. The largest absolute Gasteiger partial charge is 0.330 e. The van der Waals surface area contributed by atoms with E-state index in [0.717, 1.165) is 26.2 Å². The van der Waals surface area contributed by atoms with E-state index < -0.39 is 0 Å². The monoisotopic (exact) mass is 275 g/mol. The second-order valence-corrected chi connectivity index (χ2v) is 7.08. The topological polar surface area (TPSA) is 32.5 Å². The lowest BCUT2D eigenvalue weighted by Crippen LogP contribution is -2.60. The molecule has 3 nitrogen and oxygen atoms in total. The molecule has 2 rings (SSSR count). The molecule has 1 heterocycles. The summed E-state index contributed by atoms with van der Waals surface area (Å²) < 4.78 is 0. The van der Waals surface area contributed by atoms with Gasteiger partial charge in [-0.2, -0.15) is 0 Å². The van der Waals surface area contributed by atoms with Gasteiger partial charge in [-0.15, -0.1) is 0 Å². The number of hydrogen-bond donors (Lipinski definition) is 1. The van der Waals surface area contributed by atoms with Crippen molar-refractivity contribution in [2.75, 3.05) is 39.8 Å². The zero-order valence-electron chi connectivity index (χ0n) is 13.4. The minimum absolute atomic E-state index is 0.0350. The highest BCUT2D eigenvalue weighted by Crippen LogP contribution is 2.27. The maximum absolute atomic E-state index is 6.11. The molecule has 1 aliphatic rings. The van der Waals surface area contributed by atoms with Crippen molar-refractivity contribution in [1.82, 2.24) is 9.80 Å². The van der Waals surface area contributed by atoms with Crippen molar-refractivity contribution in [3.8, 4) is 0 Å². The van der Waals surface area contributed by atoms with Gasteiger partial charge in [0.2, 0.25) is 0 Å². The SMILES string of the molecule is CN1CCN(CC(C)(CN)c2ccccc2)CC1(C)C. The quantitative estimate of drug-likeness (QED) is 0.911. The molecular formula is C17H29N3. The van der Waals surface area contributed by atoms with Crippen LogP contribution in [0.1, 0.15) is 26.3 Å². The van der Waals surface area contributed by atoms with Crippen LogP contribution in [0.5, 0.6) is 0 Å². The number of benzene rings is 1. The first kappa shape index (κ1) is 15.5. The van der Waals surface area contributed by atoms with Gasteiger partial charge in [0, 0.05) is 43.7 Å². The van der Waals surface area contributed by atoms with E-state index in [1.165, 1.54) is 5.56 Å². The van der Waals surface area contributed by atoms with E-state index in [0.29, 0.717) is 6.54 Å². The summed E-state index contributed by atoms with van der Waals surface area (Å²) in [6.45, 7) is 12.0. The van der Waals surface area contributed by atoms with Gasteiger partial charge in [-0.3, -0.25) is 9.80 Å². The van der Waals surface area contributed by atoms with Crippen molar-refractivity contribution >= 4 is 0 Å². The molecule has 1 aromatic carbocycles. The van der Waals surface area contributed by atoms with Crippen LogP contribution in [-0.2, 0) is 5.41 Å². The number of likely N-dealkylation sites (N-methyl/N-ethyl adjacent to an activating group) is 1. The minimum Gasteiger partial charge on any atom is -0.330 e. The molecule has 1 aromatic rings. The van der Waals surface area contributed by atoms with Gasteiger partial charge in [-0.05, 0) is 26.5 Å². The zero-order valence-corrected chi connectivity index (χ0v) is 13.4. The highest BCUT2D eigenvalue weighted by atomic mass is 15.3. The fourth-order valence-electron chi connectivity index (χ4n) is 3.08. The Hall–Kier alpha value is -0.900. The van der Waals surface area contributed by atoms with Crippen molar-refractivity contribution < 1.29 is 0 Å². The highest BCUT2D eigenvalue weighted by Gasteiger charge is 2.35. The molecule has 112 valence electrons. The average Bonchev–Trinajstić information content (AvgIpc) is 2.43.